The molecule has 1 atom stereocenters. The van der Waals surface area contributed by atoms with Gasteiger partial charge in [0, 0.05) is 18.8 Å². The Bertz CT molecular complexity index is 289. The van der Waals surface area contributed by atoms with Crippen LogP contribution in [0.4, 0.5) is 0 Å². The minimum atomic E-state index is -0.215. The molecule has 2 N–H and O–H groups in total. The third-order valence-electron chi connectivity index (χ3n) is 2.33. The number of aliphatic imine (C=N–C) groups is 1. The van der Waals surface area contributed by atoms with Crippen molar-refractivity contribution < 1.29 is 4.79 Å². The number of nitrogens with zero attached hydrogens (tertiary/aromatic N) is 1. The maximum atomic E-state index is 11.5. The molecule has 92 valence electrons. The quantitative estimate of drug-likeness (QED) is 0.784. The summed E-state index contributed by atoms with van der Waals surface area (Å²) in [6.07, 6.45) is 0. The Morgan fingerprint density at radius 2 is 2.31 bits per heavy atom. The summed E-state index contributed by atoms with van der Waals surface area (Å²) in [6, 6.07) is -0.215. The molecule has 0 aliphatic carbocycles. The Labute approximate surface area is 102 Å². The highest BCUT2D eigenvalue weighted by Crippen LogP contribution is 2.27. The maximum Gasteiger partial charge on any atom is 0.242 e. The molecule has 16 heavy (non-hydrogen) atoms. The molecule has 1 unspecified atom stereocenters. The predicted molar refractivity (Wildman–Crippen MR) is 69.8 cm³/mol. The first-order valence-electron chi connectivity index (χ1n) is 5.66. The van der Waals surface area contributed by atoms with Crippen molar-refractivity contribution in [3.63, 3.8) is 0 Å². The second kappa shape index (κ2) is 5.57. The van der Waals surface area contributed by atoms with Crippen molar-refractivity contribution in [3.8, 4) is 0 Å². The van der Waals surface area contributed by atoms with Gasteiger partial charge in [0.25, 0.3) is 0 Å². The van der Waals surface area contributed by atoms with Crippen LogP contribution in [0.1, 0.15) is 27.7 Å². The van der Waals surface area contributed by atoms with Crippen LogP contribution in [0.15, 0.2) is 4.99 Å². The molecule has 1 aliphatic heterocycles. The summed E-state index contributed by atoms with van der Waals surface area (Å²) in [5.74, 6) is 1.07. The van der Waals surface area contributed by atoms with Crippen molar-refractivity contribution in [3.05, 3.63) is 0 Å². The first-order chi connectivity index (χ1) is 7.44. The van der Waals surface area contributed by atoms with E-state index in [1.165, 1.54) is 0 Å². The molecule has 1 rings (SSSR count). The standard InChI is InChI=1S/C11H21N3OS/c1-5-12-9(15)8(2)14-10-13-6-11(3,4)7-16-10/h8H,5-7H2,1-4H3,(H,12,15)(H,13,14). The number of amides is 1. The lowest BCUT2D eigenvalue weighted by atomic mass is 9.97. The van der Waals surface area contributed by atoms with E-state index >= 15 is 0 Å². The summed E-state index contributed by atoms with van der Waals surface area (Å²) < 4.78 is 0. The van der Waals surface area contributed by atoms with Gasteiger partial charge in [0.2, 0.25) is 5.91 Å². The SMILES string of the molecule is CCNC(=O)C(C)NC1=NCC(C)(C)CS1. The van der Waals surface area contributed by atoms with Crippen molar-refractivity contribution in [2.45, 2.75) is 33.7 Å². The van der Waals surface area contributed by atoms with Crippen molar-refractivity contribution >= 4 is 22.8 Å². The molecule has 0 saturated heterocycles. The topological polar surface area (TPSA) is 53.5 Å². The number of hydrogen-bond acceptors (Lipinski definition) is 4. The first-order valence-corrected chi connectivity index (χ1v) is 6.64. The van der Waals surface area contributed by atoms with Crippen LogP contribution < -0.4 is 10.6 Å². The van der Waals surface area contributed by atoms with Gasteiger partial charge < -0.3 is 10.6 Å². The maximum absolute atomic E-state index is 11.5. The van der Waals surface area contributed by atoms with Gasteiger partial charge in [0.05, 0.1) is 0 Å². The van der Waals surface area contributed by atoms with Gasteiger partial charge in [-0.1, -0.05) is 25.6 Å². The Kier molecular flexibility index (Phi) is 4.65. The van der Waals surface area contributed by atoms with E-state index in [2.05, 4.69) is 29.5 Å². The summed E-state index contributed by atoms with van der Waals surface area (Å²) in [4.78, 5) is 16.0. The number of likely N-dealkylation sites (N-methyl/N-ethyl adjacent to an activating group) is 1. The highest BCUT2D eigenvalue weighted by Gasteiger charge is 2.24. The lowest BCUT2D eigenvalue weighted by Gasteiger charge is -2.28. The highest BCUT2D eigenvalue weighted by atomic mass is 32.2. The highest BCUT2D eigenvalue weighted by molar-refractivity contribution is 8.13. The van der Waals surface area contributed by atoms with E-state index in [4.69, 9.17) is 0 Å². The molecule has 1 aliphatic rings. The zero-order valence-electron chi connectivity index (χ0n) is 10.5. The van der Waals surface area contributed by atoms with Gasteiger partial charge in [-0.2, -0.15) is 0 Å². The van der Waals surface area contributed by atoms with Gasteiger partial charge in [-0.25, -0.2) is 0 Å². The van der Waals surface area contributed by atoms with E-state index in [-0.39, 0.29) is 17.4 Å². The molecule has 5 heteroatoms. The van der Waals surface area contributed by atoms with Gasteiger partial charge >= 0.3 is 0 Å². The molecule has 1 amide bonds. The number of thioether (sulfide) groups is 1. The zero-order chi connectivity index (χ0) is 12.2. The lowest BCUT2D eigenvalue weighted by molar-refractivity contribution is -0.122. The molecule has 0 aromatic heterocycles. The Hall–Kier alpha value is -0.710. The van der Waals surface area contributed by atoms with E-state index in [1.807, 2.05) is 13.8 Å². The third-order valence-corrected chi connectivity index (χ3v) is 3.78. The van der Waals surface area contributed by atoms with E-state index in [0.29, 0.717) is 6.54 Å². The van der Waals surface area contributed by atoms with Crippen LogP contribution in [0.3, 0.4) is 0 Å². The fraction of sp³-hybridized carbons (Fsp3) is 0.818. The van der Waals surface area contributed by atoms with Crippen molar-refractivity contribution in [2.75, 3.05) is 18.8 Å². The fourth-order valence-corrected chi connectivity index (χ4v) is 2.34. The van der Waals surface area contributed by atoms with E-state index in [0.717, 1.165) is 17.5 Å². The molecule has 4 nitrogen and oxygen atoms in total. The molecule has 0 saturated carbocycles. The van der Waals surface area contributed by atoms with E-state index in [9.17, 15) is 4.79 Å². The van der Waals surface area contributed by atoms with Crippen LogP contribution in [0.5, 0.6) is 0 Å². The van der Waals surface area contributed by atoms with Crippen LogP contribution in [-0.2, 0) is 4.79 Å². The van der Waals surface area contributed by atoms with Gasteiger partial charge in [-0.3, -0.25) is 9.79 Å². The first kappa shape index (κ1) is 13.4. The number of hydrogen-bond donors (Lipinski definition) is 2. The smallest absolute Gasteiger partial charge is 0.242 e. The molecular weight excluding hydrogens is 222 g/mol. The van der Waals surface area contributed by atoms with Gasteiger partial charge in [-0.15, -0.1) is 0 Å². The predicted octanol–water partition coefficient (Wildman–Crippen LogP) is 1.23. The van der Waals surface area contributed by atoms with Crippen molar-refractivity contribution in [2.24, 2.45) is 10.4 Å². The van der Waals surface area contributed by atoms with Crippen LogP contribution in [0.2, 0.25) is 0 Å². The molecule has 0 fully saturated rings. The summed E-state index contributed by atoms with van der Waals surface area (Å²) in [7, 11) is 0. The minimum absolute atomic E-state index is 0.0237. The second-order valence-electron chi connectivity index (χ2n) is 4.83. The minimum Gasteiger partial charge on any atom is -0.355 e. The lowest BCUT2D eigenvalue weighted by Crippen LogP contribution is -2.45. The Morgan fingerprint density at radius 3 is 2.81 bits per heavy atom. The molecule has 0 aromatic rings. The van der Waals surface area contributed by atoms with Crippen molar-refractivity contribution in [1.29, 1.82) is 0 Å². The average Bonchev–Trinajstić information content (AvgIpc) is 2.21. The van der Waals surface area contributed by atoms with E-state index < -0.39 is 0 Å². The van der Waals surface area contributed by atoms with E-state index in [1.54, 1.807) is 11.8 Å². The average molecular weight is 243 g/mol. The molecule has 1 heterocycles. The monoisotopic (exact) mass is 243 g/mol. The van der Waals surface area contributed by atoms with Crippen LogP contribution in [-0.4, -0.2) is 36.0 Å². The zero-order valence-corrected chi connectivity index (χ0v) is 11.3. The number of nitrogens with one attached hydrogen (secondary N) is 2. The number of amidine groups is 1. The summed E-state index contributed by atoms with van der Waals surface area (Å²) >= 11 is 1.69. The Balaban J connectivity index is 2.44. The molecule has 0 spiro atoms. The fourth-order valence-electron chi connectivity index (χ4n) is 1.31. The number of carbonyl (C=O) groups excluding carboxylic acids is 1. The third kappa shape index (κ3) is 4.04. The van der Waals surface area contributed by atoms with Crippen molar-refractivity contribution in [1.82, 2.24) is 10.6 Å². The molecular formula is C11H21N3OS. The van der Waals surface area contributed by atoms with Gasteiger partial charge in [-0.05, 0) is 19.3 Å². The van der Waals surface area contributed by atoms with Crippen LogP contribution >= 0.6 is 11.8 Å². The second-order valence-corrected chi connectivity index (χ2v) is 5.80. The molecule has 0 bridgehead atoms. The number of rotatable bonds is 3. The molecule has 0 aromatic carbocycles. The summed E-state index contributed by atoms with van der Waals surface area (Å²) in [5.41, 5.74) is 0.269. The normalized spacial score (nSPS) is 20.9. The van der Waals surface area contributed by atoms with Crippen LogP contribution in [0, 0.1) is 5.41 Å². The largest absolute Gasteiger partial charge is 0.355 e. The summed E-state index contributed by atoms with van der Waals surface area (Å²) in [5, 5.41) is 6.81. The van der Waals surface area contributed by atoms with Gasteiger partial charge in [0.1, 0.15) is 6.04 Å². The Morgan fingerprint density at radius 1 is 1.62 bits per heavy atom. The molecule has 0 radical (unpaired) electrons. The van der Waals surface area contributed by atoms with Gasteiger partial charge in [0.15, 0.2) is 5.17 Å². The summed E-state index contributed by atoms with van der Waals surface area (Å²) in [6.45, 7) is 9.66. The van der Waals surface area contributed by atoms with Crippen LogP contribution in [0.25, 0.3) is 0 Å². The number of carbonyl (C=O) groups is 1.